The molecular formula is C16H15FN2O. The molecule has 3 nitrogen and oxygen atoms in total. The number of amides is 1. The third-order valence-electron chi connectivity index (χ3n) is 3.65. The molecule has 0 saturated heterocycles. The zero-order valence-electron chi connectivity index (χ0n) is 10.9. The van der Waals surface area contributed by atoms with E-state index >= 15 is 0 Å². The largest absolute Gasteiger partial charge is 0.352 e. The Labute approximate surface area is 116 Å². The topological polar surface area (TPSA) is 55.1 Å². The number of fused-ring (bicyclic) bond motifs is 1. The molecule has 1 atom stereocenters. The number of carbonyl (C=O) groups is 1. The van der Waals surface area contributed by atoms with Crippen molar-refractivity contribution in [3.8, 4) is 0 Å². The molecule has 3 N–H and O–H groups in total. The highest BCUT2D eigenvalue weighted by atomic mass is 19.1. The van der Waals surface area contributed by atoms with Crippen molar-refractivity contribution in [2.75, 3.05) is 6.54 Å². The summed E-state index contributed by atoms with van der Waals surface area (Å²) < 4.78 is 12.9. The van der Waals surface area contributed by atoms with Gasteiger partial charge in [-0.25, -0.2) is 4.39 Å². The molecular weight excluding hydrogens is 255 g/mol. The van der Waals surface area contributed by atoms with Crippen LogP contribution >= 0.6 is 0 Å². The van der Waals surface area contributed by atoms with E-state index in [1.54, 1.807) is 12.1 Å². The van der Waals surface area contributed by atoms with Gasteiger partial charge in [0.15, 0.2) is 0 Å². The van der Waals surface area contributed by atoms with Gasteiger partial charge in [-0.3, -0.25) is 4.79 Å². The van der Waals surface area contributed by atoms with E-state index in [9.17, 15) is 9.18 Å². The number of nitrogens with two attached hydrogens (primary N) is 1. The smallest absolute Gasteiger partial charge is 0.251 e. The standard InChI is InChI=1S/C16H15FN2O/c17-13-5-3-11(4-6-13)15(18)12-2-1-10-7-8-19-16(20)14(10)9-12/h1-6,9,15H,7-8,18H2,(H,19,20). The van der Waals surface area contributed by atoms with Crippen molar-refractivity contribution >= 4 is 5.91 Å². The Morgan fingerprint density at radius 1 is 1.10 bits per heavy atom. The molecule has 2 aromatic rings. The molecule has 0 fully saturated rings. The van der Waals surface area contributed by atoms with Crippen LogP contribution in [-0.4, -0.2) is 12.5 Å². The van der Waals surface area contributed by atoms with E-state index in [0.29, 0.717) is 12.1 Å². The molecule has 1 amide bonds. The molecule has 0 aromatic heterocycles. The second-order valence-electron chi connectivity index (χ2n) is 4.95. The lowest BCUT2D eigenvalue weighted by atomic mass is 9.93. The van der Waals surface area contributed by atoms with E-state index in [4.69, 9.17) is 5.73 Å². The molecule has 0 radical (unpaired) electrons. The maximum atomic E-state index is 12.9. The molecule has 1 heterocycles. The lowest BCUT2D eigenvalue weighted by Gasteiger charge is -2.19. The number of carbonyl (C=O) groups excluding carboxylic acids is 1. The minimum absolute atomic E-state index is 0.0561. The van der Waals surface area contributed by atoms with Gasteiger partial charge in [0.1, 0.15) is 5.82 Å². The quantitative estimate of drug-likeness (QED) is 0.878. The number of nitrogens with one attached hydrogen (secondary N) is 1. The molecule has 0 saturated carbocycles. The fourth-order valence-electron chi connectivity index (χ4n) is 2.49. The van der Waals surface area contributed by atoms with Crippen molar-refractivity contribution in [3.63, 3.8) is 0 Å². The van der Waals surface area contributed by atoms with Crippen LogP contribution < -0.4 is 11.1 Å². The van der Waals surface area contributed by atoms with Crippen LogP contribution in [0.5, 0.6) is 0 Å². The Morgan fingerprint density at radius 3 is 2.55 bits per heavy atom. The molecule has 2 aromatic carbocycles. The first kappa shape index (κ1) is 12.8. The molecule has 0 spiro atoms. The third-order valence-corrected chi connectivity index (χ3v) is 3.65. The highest BCUT2D eigenvalue weighted by molar-refractivity contribution is 5.96. The Bertz CT molecular complexity index is 652. The number of halogens is 1. The normalized spacial score (nSPS) is 15.4. The lowest BCUT2D eigenvalue weighted by Crippen LogP contribution is -2.32. The van der Waals surface area contributed by atoms with Crippen LogP contribution in [0.4, 0.5) is 4.39 Å². The van der Waals surface area contributed by atoms with Gasteiger partial charge in [-0.1, -0.05) is 24.3 Å². The first-order valence-electron chi connectivity index (χ1n) is 6.57. The fourth-order valence-corrected chi connectivity index (χ4v) is 2.49. The average molecular weight is 270 g/mol. The first-order chi connectivity index (χ1) is 9.65. The highest BCUT2D eigenvalue weighted by Gasteiger charge is 2.18. The van der Waals surface area contributed by atoms with Crippen LogP contribution in [0.2, 0.25) is 0 Å². The van der Waals surface area contributed by atoms with Gasteiger partial charge in [0, 0.05) is 12.1 Å². The van der Waals surface area contributed by atoms with Gasteiger partial charge in [-0.05, 0) is 41.3 Å². The van der Waals surface area contributed by atoms with Gasteiger partial charge < -0.3 is 11.1 Å². The third kappa shape index (κ3) is 2.30. The summed E-state index contributed by atoms with van der Waals surface area (Å²) >= 11 is 0. The van der Waals surface area contributed by atoms with Crippen molar-refractivity contribution in [2.45, 2.75) is 12.5 Å². The van der Waals surface area contributed by atoms with E-state index in [1.807, 2.05) is 18.2 Å². The molecule has 4 heteroatoms. The second kappa shape index (κ2) is 5.06. The summed E-state index contributed by atoms with van der Waals surface area (Å²) in [5.74, 6) is -0.342. The summed E-state index contributed by atoms with van der Waals surface area (Å²) in [4.78, 5) is 11.8. The van der Waals surface area contributed by atoms with Crippen LogP contribution in [0.15, 0.2) is 42.5 Å². The maximum absolute atomic E-state index is 12.9. The Morgan fingerprint density at radius 2 is 1.80 bits per heavy atom. The number of benzene rings is 2. The van der Waals surface area contributed by atoms with E-state index in [-0.39, 0.29) is 17.8 Å². The Hall–Kier alpha value is -2.20. The summed E-state index contributed by atoms with van der Waals surface area (Å²) in [5.41, 5.74) is 9.60. The summed E-state index contributed by atoms with van der Waals surface area (Å²) in [5, 5.41) is 2.82. The molecule has 3 rings (SSSR count). The van der Waals surface area contributed by atoms with E-state index in [2.05, 4.69) is 5.32 Å². The molecule has 1 unspecified atom stereocenters. The van der Waals surface area contributed by atoms with Gasteiger partial charge in [0.25, 0.3) is 5.91 Å². The predicted octanol–water partition coefficient (Wildman–Crippen LogP) is 2.16. The molecule has 102 valence electrons. The molecule has 1 aliphatic heterocycles. The second-order valence-corrected chi connectivity index (χ2v) is 4.95. The maximum Gasteiger partial charge on any atom is 0.251 e. The Balaban J connectivity index is 1.96. The lowest BCUT2D eigenvalue weighted by molar-refractivity contribution is 0.0946. The van der Waals surface area contributed by atoms with Crippen LogP contribution in [0.3, 0.4) is 0 Å². The molecule has 0 bridgehead atoms. The van der Waals surface area contributed by atoms with Crippen LogP contribution in [-0.2, 0) is 6.42 Å². The monoisotopic (exact) mass is 270 g/mol. The van der Waals surface area contributed by atoms with E-state index < -0.39 is 0 Å². The highest BCUT2D eigenvalue weighted by Crippen LogP contribution is 2.24. The van der Waals surface area contributed by atoms with Crippen molar-refractivity contribution in [1.82, 2.24) is 5.32 Å². The summed E-state index contributed by atoms with van der Waals surface area (Å²) in [7, 11) is 0. The van der Waals surface area contributed by atoms with Crippen LogP contribution in [0, 0.1) is 5.82 Å². The number of rotatable bonds is 2. The van der Waals surface area contributed by atoms with Gasteiger partial charge in [0.05, 0.1) is 6.04 Å². The summed E-state index contributed by atoms with van der Waals surface area (Å²) in [6, 6.07) is 11.5. The van der Waals surface area contributed by atoms with E-state index in [0.717, 1.165) is 23.1 Å². The van der Waals surface area contributed by atoms with Crippen LogP contribution in [0.25, 0.3) is 0 Å². The number of hydrogen-bond acceptors (Lipinski definition) is 2. The van der Waals surface area contributed by atoms with Crippen molar-refractivity contribution < 1.29 is 9.18 Å². The van der Waals surface area contributed by atoms with Gasteiger partial charge in [0.2, 0.25) is 0 Å². The first-order valence-corrected chi connectivity index (χ1v) is 6.57. The predicted molar refractivity (Wildman–Crippen MR) is 74.9 cm³/mol. The minimum Gasteiger partial charge on any atom is -0.352 e. The number of hydrogen-bond donors (Lipinski definition) is 2. The van der Waals surface area contributed by atoms with Crippen LogP contribution in [0.1, 0.15) is 33.1 Å². The fraction of sp³-hybridized carbons (Fsp3) is 0.188. The van der Waals surface area contributed by atoms with Gasteiger partial charge in [-0.2, -0.15) is 0 Å². The summed E-state index contributed by atoms with van der Waals surface area (Å²) in [6.45, 7) is 0.676. The van der Waals surface area contributed by atoms with E-state index in [1.165, 1.54) is 12.1 Å². The van der Waals surface area contributed by atoms with Crippen molar-refractivity contribution in [1.29, 1.82) is 0 Å². The SMILES string of the molecule is NC(c1ccc(F)cc1)c1ccc2c(c1)C(=O)NCC2. The average Bonchev–Trinajstić information content (AvgIpc) is 2.47. The van der Waals surface area contributed by atoms with Gasteiger partial charge in [-0.15, -0.1) is 0 Å². The van der Waals surface area contributed by atoms with Gasteiger partial charge >= 0.3 is 0 Å². The van der Waals surface area contributed by atoms with Crippen molar-refractivity contribution in [2.24, 2.45) is 5.73 Å². The van der Waals surface area contributed by atoms with Crippen molar-refractivity contribution in [3.05, 3.63) is 70.5 Å². The molecule has 0 aliphatic carbocycles. The Kier molecular flexibility index (Phi) is 3.24. The zero-order valence-corrected chi connectivity index (χ0v) is 10.9. The molecule has 1 aliphatic rings. The minimum atomic E-state index is -0.365. The zero-order chi connectivity index (χ0) is 14.1. The molecule has 20 heavy (non-hydrogen) atoms. The summed E-state index contributed by atoms with van der Waals surface area (Å²) in [6.07, 6.45) is 0.840.